The number of aromatic nitrogens is 3. The van der Waals surface area contributed by atoms with Crippen molar-refractivity contribution < 1.29 is 9.52 Å². The van der Waals surface area contributed by atoms with Crippen LogP contribution in [0.1, 0.15) is 24.4 Å². The highest BCUT2D eigenvalue weighted by Crippen LogP contribution is 2.23. The lowest BCUT2D eigenvalue weighted by Gasteiger charge is -2.16. The number of aromatic amines is 1. The number of hydrogen-bond donors (Lipinski definition) is 4. The van der Waals surface area contributed by atoms with Crippen molar-refractivity contribution in [3.8, 4) is 11.6 Å². The van der Waals surface area contributed by atoms with Crippen LogP contribution in [-0.4, -0.2) is 39.3 Å². The molecule has 1 aromatic carbocycles. The van der Waals surface area contributed by atoms with Crippen LogP contribution in [0.2, 0.25) is 10.0 Å². The monoisotopic (exact) mass is 550 g/mol. The van der Waals surface area contributed by atoms with Crippen LogP contribution in [0.25, 0.3) is 11.6 Å². The number of nitrogens with zero attached hydrogens (tertiary/aromatic N) is 3. The molecule has 0 bridgehead atoms. The summed E-state index contributed by atoms with van der Waals surface area (Å²) in [6.07, 6.45) is 0.769. The van der Waals surface area contributed by atoms with Crippen LogP contribution in [0.4, 0.5) is 0 Å². The highest BCUT2D eigenvalue weighted by atomic mass is 127. The first-order valence-corrected chi connectivity index (χ1v) is 9.42. The fourth-order valence-corrected chi connectivity index (χ4v) is 3.00. The Labute approximate surface area is 195 Å². The van der Waals surface area contributed by atoms with Crippen LogP contribution in [0.3, 0.4) is 0 Å². The first kappa shape index (κ1) is 23.5. The van der Waals surface area contributed by atoms with E-state index in [9.17, 15) is 5.11 Å². The molecule has 0 fully saturated rings. The summed E-state index contributed by atoms with van der Waals surface area (Å²) < 4.78 is 5.27. The summed E-state index contributed by atoms with van der Waals surface area (Å²) in [5.41, 5.74) is 0.624. The van der Waals surface area contributed by atoms with Crippen molar-refractivity contribution >= 4 is 53.1 Å². The molecule has 11 heteroatoms. The van der Waals surface area contributed by atoms with Gasteiger partial charge in [-0.05, 0) is 42.8 Å². The summed E-state index contributed by atoms with van der Waals surface area (Å²) >= 11 is 12.0. The number of nitrogens with one attached hydrogen (secondary N) is 3. The van der Waals surface area contributed by atoms with E-state index in [1.807, 2.05) is 6.92 Å². The standard InChI is InChI=1S/C18H20Cl2N6O2.HI/c1-2-21-18(22-9-14(27)11-6-12(19)8-13(20)7-11)23-10-16-24-17(26-25-16)15-4-3-5-28-15;/h3-8,14,27H,2,9-10H2,1H3,(H2,21,22,23)(H,24,25,26);1H. The van der Waals surface area contributed by atoms with E-state index in [0.29, 0.717) is 45.5 Å². The van der Waals surface area contributed by atoms with E-state index in [2.05, 4.69) is 30.8 Å². The molecule has 0 radical (unpaired) electrons. The van der Waals surface area contributed by atoms with Crippen molar-refractivity contribution in [1.29, 1.82) is 0 Å². The molecule has 0 amide bonds. The van der Waals surface area contributed by atoms with Crippen molar-refractivity contribution in [3.63, 3.8) is 0 Å². The van der Waals surface area contributed by atoms with Crippen LogP contribution in [0.5, 0.6) is 0 Å². The molecule has 156 valence electrons. The Bertz CT molecular complexity index is 912. The topological polar surface area (TPSA) is 111 Å². The smallest absolute Gasteiger partial charge is 0.216 e. The second-order valence-corrected chi connectivity index (χ2v) is 6.75. The number of hydrogen-bond acceptors (Lipinski definition) is 5. The van der Waals surface area contributed by atoms with Gasteiger partial charge in [0, 0.05) is 23.1 Å². The lowest BCUT2D eigenvalue weighted by Crippen LogP contribution is -2.39. The fourth-order valence-electron chi connectivity index (χ4n) is 2.46. The molecule has 8 nitrogen and oxygen atoms in total. The zero-order valence-electron chi connectivity index (χ0n) is 15.5. The zero-order chi connectivity index (χ0) is 19.9. The number of halogens is 3. The summed E-state index contributed by atoms with van der Waals surface area (Å²) in [5.74, 6) is 2.18. The van der Waals surface area contributed by atoms with Gasteiger partial charge in [0.25, 0.3) is 0 Å². The molecule has 0 saturated heterocycles. The Balaban J connectivity index is 0.00000300. The first-order chi connectivity index (χ1) is 13.5. The lowest BCUT2D eigenvalue weighted by molar-refractivity contribution is 0.181. The molecule has 29 heavy (non-hydrogen) atoms. The van der Waals surface area contributed by atoms with Crippen LogP contribution >= 0.6 is 47.2 Å². The van der Waals surface area contributed by atoms with Crippen LogP contribution in [0, 0.1) is 0 Å². The number of guanidine groups is 1. The van der Waals surface area contributed by atoms with E-state index in [-0.39, 0.29) is 37.1 Å². The molecular formula is C18H21Cl2IN6O2. The molecule has 0 spiro atoms. The second kappa shape index (κ2) is 11.4. The van der Waals surface area contributed by atoms with Gasteiger partial charge in [-0.25, -0.2) is 9.98 Å². The number of rotatable bonds is 7. The number of benzene rings is 1. The maximum atomic E-state index is 10.4. The van der Waals surface area contributed by atoms with E-state index in [1.54, 1.807) is 36.6 Å². The fraction of sp³-hybridized carbons (Fsp3) is 0.278. The van der Waals surface area contributed by atoms with Gasteiger partial charge in [-0.3, -0.25) is 5.10 Å². The molecule has 3 aromatic rings. The maximum absolute atomic E-state index is 10.4. The average Bonchev–Trinajstić information content (AvgIpc) is 3.34. The molecule has 1 unspecified atom stereocenters. The van der Waals surface area contributed by atoms with Gasteiger partial charge in [0.2, 0.25) is 5.82 Å². The third kappa shape index (κ3) is 6.88. The van der Waals surface area contributed by atoms with E-state index >= 15 is 0 Å². The highest BCUT2D eigenvalue weighted by molar-refractivity contribution is 14.0. The molecule has 0 aliphatic rings. The van der Waals surface area contributed by atoms with Gasteiger partial charge >= 0.3 is 0 Å². The molecule has 0 aliphatic heterocycles. The van der Waals surface area contributed by atoms with Crippen molar-refractivity contribution in [3.05, 3.63) is 58.0 Å². The number of aliphatic imine (C=N–C) groups is 1. The Hall–Kier alpha value is -1.82. The minimum Gasteiger partial charge on any atom is -0.461 e. The molecule has 3 rings (SSSR count). The quantitative estimate of drug-likeness (QED) is 0.202. The summed E-state index contributed by atoms with van der Waals surface area (Å²) in [5, 5.41) is 24.5. The zero-order valence-corrected chi connectivity index (χ0v) is 19.4. The van der Waals surface area contributed by atoms with Gasteiger partial charge in [0.1, 0.15) is 12.4 Å². The molecule has 4 N–H and O–H groups in total. The van der Waals surface area contributed by atoms with E-state index in [0.717, 1.165) is 0 Å². The van der Waals surface area contributed by atoms with E-state index < -0.39 is 6.10 Å². The van der Waals surface area contributed by atoms with E-state index in [1.165, 1.54) is 0 Å². The number of aliphatic hydroxyl groups is 1. The summed E-state index contributed by atoms with van der Waals surface area (Å²) in [7, 11) is 0. The van der Waals surface area contributed by atoms with Crippen molar-refractivity contribution in [2.45, 2.75) is 19.6 Å². The highest BCUT2D eigenvalue weighted by Gasteiger charge is 2.11. The summed E-state index contributed by atoms with van der Waals surface area (Å²) in [6, 6.07) is 8.52. The molecule has 2 heterocycles. The third-order valence-electron chi connectivity index (χ3n) is 3.74. The summed E-state index contributed by atoms with van der Waals surface area (Å²) in [6.45, 7) is 3.13. The lowest BCUT2D eigenvalue weighted by atomic mass is 10.1. The largest absolute Gasteiger partial charge is 0.461 e. The predicted molar refractivity (Wildman–Crippen MR) is 124 cm³/mol. The Morgan fingerprint density at radius 1 is 1.28 bits per heavy atom. The molecular weight excluding hydrogens is 530 g/mol. The van der Waals surface area contributed by atoms with Gasteiger partial charge in [0.15, 0.2) is 11.7 Å². The van der Waals surface area contributed by atoms with Gasteiger partial charge in [-0.1, -0.05) is 23.2 Å². The van der Waals surface area contributed by atoms with Crippen molar-refractivity contribution in [1.82, 2.24) is 25.8 Å². The summed E-state index contributed by atoms with van der Waals surface area (Å²) in [4.78, 5) is 8.79. The predicted octanol–water partition coefficient (Wildman–Crippen LogP) is 3.78. The van der Waals surface area contributed by atoms with Crippen LogP contribution in [-0.2, 0) is 6.54 Å². The van der Waals surface area contributed by atoms with Crippen molar-refractivity contribution in [2.24, 2.45) is 4.99 Å². The SMILES string of the molecule is CCNC(=NCc1nc(-c2ccco2)n[nH]1)NCC(O)c1cc(Cl)cc(Cl)c1.I. The Kier molecular flexibility index (Phi) is 9.21. The Morgan fingerprint density at radius 3 is 2.69 bits per heavy atom. The molecule has 2 aromatic heterocycles. The van der Waals surface area contributed by atoms with Crippen LogP contribution < -0.4 is 10.6 Å². The van der Waals surface area contributed by atoms with Gasteiger partial charge in [0.05, 0.1) is 12.4 Å². The minimum absolute atomic E-state index is 0. The van der Waals surface area contributed by atoms with Gasteiger partial charge in [-0.2, -0.15) is 0 Å². The maximum Gasteiger partial charge on any atom is 0.216 e. The second-order valence-electron chi connectivity index (χ2n) is 5.88. The van der Waals surface area contributed by atoms with Crippen LogP contribution in [0.15, 0.2) is 46.0 Å². The van der Waals surface area contributed by atoms with E-state index in [4.69, 9.17) is 27.6 Å². The normalized spacial score (nSPS) is 12.3. The number of furan rings is 1. The number of aliphatic hydroxyl groups excluding tert-OH is 1. The van der Waals surface area contributed by atoms with Gasteiger partial charge in [-0.15, -0.1) is 29.1 Å². The van der Waals surface area contributed by atoms with Crippen molar-refractivity contribution in [2.75, 3.05) is 13.1 Å². The molecule has 0 saturated carbocycles. The average molecular weight is 551 g/mol. The third-order valence-corrected chi connectivity index (χ3v) is 4.17. The minimum atomic E-state index is -0.795. The Morgan fingerprint density at radius 2 is 2.03 bits per heavy atom. The molecule has 0 aliphatic carbocycles. The number of H-pyrrole nitrogens is 1. The van der Waals surface area contributed by atoms with Gasteiger partial charge < -0.3 is 20.2 Å². The first-order valence-electron chi connectivity index (χ1n) is 8.66. The molecule has 1 atom stereocenters.